The van der Waals surface area contributed by atoms with Gasteiger partial charge in [-0.3, -0.25) is 0 Å². The molecule has 0 spiro atoms. The Morgan fingerprint density at radius 3 is 2.83 bits per heavy atom. The number of aromatic nitrogens is 2. The Balaban J connectivity index is 2.70. The van der Waals surface area contributed by atoms with Crippen molar-refractivity contribution >= 4 is 11.2 Å². The van der Waals surface area contributed by atoms with Crippen LogP contribution in [0.1, 0.15) is 25.6 Å². The van der Waals surface area contributed by atoms with Crippen molar-refractivity contribution < 1.29 is 4.42 Å². The maximum absolute atomic E-state index is 5.28. The lowest BCUT2D eigenvalue weighted by Crippen LogP contribution is -1.99. The molecular weight excluding hydrogens is 152 g/mol. The highest BCUT2D eigenvalue weighted by Crippen LogP contribution is 2.20. The molecule has 0 aromatic carbocycles. The molecule has 3 nitrogen and oxygen atoms in total. The minimum absolute atomic E-state index is 0.442. The van der Waals surface area contributed by atoms with Gasteiger partial charge in [-0.05, 0) is 0 Å². The quantitative estimate of drug-likeness (QED) is 0.647. The first-order chi connectivity index (χ1) is 5.70. The van der Waals surface area contributed by atoms with Crippen LogP contribution in [0.25, 0.3) is 11.2 Å². The second kappa shape index (κ2) is 2.37. The lowest BCUT2D eigenvalue weighted by atomic mass is 10.2. The van der Waals surface area contributed by atoms with Crippen LogP contribution >= 0.6 is 0 Å². The van der Waals surface area contributed by atoms with Crippen LogP contribution in [0, 0.1) is 0 Å². The molecule has 0 unspecified atom stereocenters. The van der Waals surface area contributed by atoms with Crippen LogP contribution in [-0.2, 0) is 7.05 Å². The molecule has 0 radical (unpaired) electrons. The Hall–Kier alpha value is -1.25. The van der Waals surface area contributed by atoms with Crippen LogP contribution in [0.5, 0.6) is 0 Å². The van der Waals surface area contributed by atoms with E-state index in [-0.39, 0.29) is 0 Å². The van der Waals surface area contributed by atoms with Crippen LogP contribution in [0.3, 0.4) is 0 Å². The van der Waals surface area contributed by atoms with Gasteiger partial charge in [-0.15, -0.1) is 0 Å². The summed E-state index contributed by atoms with van der Waals surface area (Å²) in [5, 5.41) is 0. The molecule has 0 atom stereocenters. The van der Waals surface area contributed by atoms with Crippen molar-refractivity contribution in [1.29, 1.82) is 0 Å². The summed E-state index contributed by atoms with van der Waals surface area (Å²) in [4.78, 5) is 4.44. The standard InChI is InChI=1S/C9H12N2O/c1-6(2)8-10-7-4-5-12-9(7)11(8)3/h4-6H,1-3H3. The van der Waals surface area contributed by atoms with Gasteiger partial charge in [0.25, 0.3) is 0 Å². The fraction of sp³-hybridized carbons (Fsp3) is 0.444. The summed E-state index contributed by atoms with van der Waals surface area (Å²) in [5.41, 5.74) is 1.81. The van der Waals surface area contributed by atoms with E-state index in [0.29, 0.717) is 5.92 Å². The Labute approximate surface area is 71.0 Å². The second-order valence-electron chi connectivity index (χ2n) is 3.29. The number of rotatable bonds is 1. The van der Waals surface area contributed by atoms with Crippen LogP contribution in [0.4, 0.5) is 0 Å². The van der Waals surface area contributed by atoms with Gasteiger partial charge in [0.1, 0.15) is 11.3 Å². The van der Waals surface area contributed by atoms with Crippen molar-refractivity contribution in [2.45, 2.75) is 19.8 Å². The monoisotopic (exact) mass is 164 g/mol. The topological polar surface area (TPSA) is 31.0 Å². The van der Waals surface area contributed by atoms with Gasteiger partial charge in [0.15, 0.2) is 0 Å². The highest BCUT2D eigenvalue weighted by atomic mass is 16.3. The van der Waals surface area contributed by atoms with Gasteiger partial charge >= 0.3 is 0 Å². The fourth-order valence-corrected chi connectivity index (χ4v) is 1.45. The third-order valence-corrected chi connectivity index (χ3v) is 2.02. The van der Waals surface area contributed by atoms with E-state index in [4.69, 9.17) is 4.42 Å². The largest absolute Gasteiger partial charge is 0.446 e. The predicted molar refractivity (Wildman–Crippen MR) is 47.1 cm³/mol. The van der Waals surface area contributed by atoms with Crippen molar-refractivity contribution in [2.75, 3.05) is 0 Å². The maximum atomic E-state index is 5.28. The van der Waals surface area contributed by atoms with Crippen molar-refractivity contribution in [3.8, 4) is 0 Å². The van der Waals surface area contributed by atoms with E-state index in [1.165, 1.54) is 0 Å². The van der Waals surface area contributed by atoms with Gasteiger partial charge in [-0.2, -0.15) is 0 Å². The molecule has 0 aliphatic rings. The average molecular weight is 164 g/mol. The van der Waals surface area contributed by atoms with E-state index in [1.807, 2.05) is 17.7 Å². The van der Waals surface area contributed by atoms with E-state index >= 15 is 0 Å². The molecule has 12 heavy (non-hydrogen) atoms. The zero-order valence-corrected chi connectivity index (χ0v) is 7.53. The van der Waals surface area contributed by atoms with Crippen molar-refractivity contribution in [3.05, 3.63) is 18.2 Å². The third kappa shape index (κ3) is 0.858. The fourth-order valence-electron chi connectivity index (χ4n) is 1.45. The van der Waals surface area contributed by atoms with Gasteiger partial charge < -0.3 is 8.98 Å². The number of imidazole rings is 1. The van der Waals surface area contributed by atoms with E-state index in [2.05, 4.69) is 18.8 Å². The molecule has 2 aromatic rings. The van der Waals surface area contributed by atoms with Gasteiger partial charge in [-0.25, -0.2) is 4.98 Å². The number of furan rings is 1. The molecule has 0 amide bonds. The number of aryl methyl sites for hydroxylation is 1. The van der Waals surface area contributed by atoms with Crippen molar-refractivity contribution in [2.24, 2.45) is 7.05 Å². The molecule has 0 aliphatic heterocycles. The first-order valence-corrected chi connectivity index (χ1v) is 4.10. The molecule has 2 aromatic heterocycles. The summed E-state index contributed by atoms with van der Waals surface area (Å²) in [5.74, 6) is 1.52. The summed E-state index contributed by atoms with van der Waals surface area (Å²) in [6, 6.07) is 1.89. The van der Waals surface area contributed by atoms with E-state index in [9.17, 15) is 0 Å². The summed E-state index contributed by atoms with van der Waals surface area (Å²) in [6.07, 6.45) is 1.67. The van der Waals surface area contributed by atoms with E-state index in [1.54, 1.807) is 6.26 Å². The zero-order valence-electron chi connectivity index (χ0n) is 7.53. The maximum Gasteiger partial charge on any atom is 0.226 e. The lowest BCUT2D eigenvalue weighted by Gasteiger charge is -2.03. The van der Waals surface area contributed by atoms with Crippen LogP contribution in [0.2, 0.25) is 0 Å². The molecule has 0 N–H and O–H groups in total. The molecule has 3 heteroatoms. The van der Waals surface area contributed by atoms with Crippen LogP contribution in [0.15, 0.2) is 16.7 Å². The molecule has 2 rings (SSSR count). The Morgan fingerprint density at radius 2 is 2.25 bits per heavy atom. The summed E-state index contributed by atoms with van der Waals surface area (Å²) in [6.45, 7) is 4.25. The molecule has 0 bridgehead atoms. The highest BCUT2D eigenvalue weighted by Gasteiger charge is 2.11. The third-order valence-electron chi connectivity index (χ3n) is 2.02. The lowest BCUT2D eigenvalue weighted by molar-refractivity contribution is 0.572. The number of hydrogen-bond acceptors (Lipinski definition) is 2. The van der Waals surface area contributed by atoms with Gasteiger partial charge in [-0.1, -0.05) is 13.8 Å². The minimum atomic E-state index is 0.442. The van der Waals surface area contributed by atoms with Crippen molar-refractivity contribution in [3.63, 3.8) is 0 Å². The van der Waals surface area contributed by atoms with Gasteiger partial charge in [0, 0.05) is 19.0 Å². The number of hydrogen-bond donors (Lipinski definition) is 0. The predicted octanol–water partition coefficient (Wildman–Crippen LogP) is 2.29. The second-order valence-corrected chi connectivity index (χ2v) is 3.29. The SMILES string of the molecule is CC(C)c1nc2ccoc2n1C. The smallest absolute Gasteiger partial charge is 0.226 e. The Kier molecular flexibility index (Phi) is 1.46. The zero-order chi connectivity index (χ0) is 8.72. The summed E-state index contributed by atoms with van der Waals surface area (Å²) >= 11 is 0. The van der Waals surface area contributed by atoms with Crippen LogP contribution < -0.4 is 0 Å². The molecule has 64 valence electrons. The minimum Gasteiger partial charge on any atom is -0.446 e. The summed E-state index contributed by atoms with van der Waals surface area (Å²) < 4.78 is 7.28. The average Bonchev–Trinajstić information content (AvgIpc) is 2.53. The van der Waals surface area contributed by atoms with Gasteiger partial charge in [0.05, 0.1) is 6.26 Å². The van der Waals surface area contributed by atoms with Gasteiger partial charge in [0.2, 0.25) is 5.71 Å². The van der Waals surface area contributed by atoms with E-state index < -0.39 is 0 Å². The van der Waals surface area contributed by atoms with E-state index in [0.717, 1.165) is 17.1 Å². The number of fused-ring (bicyclic) bond motifs is 1. The molecular formula is C9H12N2O. The highest BCUT2D eigenvalue weighted by molar-refractivity contribution is 5.69. The molecule has 2 heterocycles. The van der Waals surface area contributed by atoms with Crippen molar-refractivity contribution in [1.82, 2.24) is 9.55 Å². The normalized spacial score (nSPS) is 11.7. The Bertz CT molecular complexity index is 397. The molecule has 0 saturated carbocycles. The molecule has 0 aliphatic carbocycles. The first kappa shape index (κ1) is 7.40. The summed E-state index contributed by atoms with van der Waals surface area (Å²) in [7, 11) is 1.98. The number of nitrogens with zero attached hydrogens (tertiary/aromatic N) is 2. The Morgan fingerprint density at radius 1 is 1.50 bits per heavy atom. The van der Waals surface area contributed by atoms with Crippen LogP contribution in [-0.4, -0.2) is 9.55 Å². The molecule has 0 fully saturated rings. The molecule has 0 saturated heterocycles. The first-order valence-electron chi connectivity index (χ1n) is 4.10.